The highest BCUT2D eigenvalue weighted by atomic mass is 32.2. The van der Waals surface area contributed by atoms with Crippen molar-refractivity contribution in [2.24, 2.45) is 0 Å². The van der Waals surface area contributed by atoms with Crippen molar-refractivity contribution in [3.05, 3.63) is 71.3 Å². The molecule has 0 spiro atoms. The van der Waals surface area contributed by atoms with Crippen molar-refractivity contribution in [2.45, 2.75) is 51.9 Å². The number of aryl methyl sites for hydroxylation is 3. The van der Waals surface area contributed by atoms with E-state index in [4.69, 9.17) is 0 Å². The van der Waals surface area contributed by atoms with Gasteiger partial charge in [0.15, 0.2) is 0 Å². The van der Waals surface area contributed by atoms with Crippen molar-refractivity contribution in [2.75, 3.05) is 22.4 Å². The molecule has 33 heavy (non-hydrogen) atoms. The van der Waals surface area contributed by atoms with E-state index in [0.717, 1.165) is 43.2 Å². The molecule has 0 radical (unpaired) electrons. The Bertz CT molecular complexity index is 1240. The lowest BCUT2D eigenvalue weighted by Gasteiger charge is -2.22. The number of sulfonamides is 1. The number of hydrogen-bond donors (Lipinski definition) is 1. The first-order chi connectivity index (χ1) is 15.9. The van der Waals surface area contributed by atoms with Gasteiger partial charge >= 0.3 is 0 Å². The fourth-order valence-electron chi connectivity index (χ4n) is 4.65. The second kappa shape index (κ2) is 9.96. The van der Waals surface area contributed by atoms with Gasteiger partial charge in [-0.25, -0.2) is 8.42 Å². The number of amides is 1. The number of carbonyl (C=O) groups excluding carboxylic acids is 1. The SMILES string of the molecule is CCCCc1ccc(N(CCCC(=O)Nc2ccc3c4c(cccc24)CC3)S(C)(=O)=O)cc1. The van der Waals surface area contributed by atoms with Crippen molar-refractivity contribution in [3.63, 3.8) is 0 Å². The van der Waals surface area contributed by atoms with Gasteiger partial charge in [-0.15, -0.1) is 0 Å². The minimum Gasteiger partial charge on any atom is -0.326 e. The Balaban J connectivity index is 1.39. The van der Waals surface area contributed by atoms with Crippen molar-refractivity contribution >= 4 is 38.1 Å². The number of hydrogen-bond acceptors (Lipinski definition) is 3. The molecular weight excluding hydrogens is 432 g/mol. The van der Waals surface area contributed by atoms with E-state index in [0.29, 0.717) is 12.1 Å². The van der Waals surface area contributed by atoms with Gasteiger partial charge in [0.2, 0.25) is 15.9 Å². The summed E-state index contributed by atoms with van der Waals surface area (Å²) in [5.74, 6) is -0.0999. The molecule has 0 aromatic heterocycles. The van der Waals surface area contributed by atoms with Crippen LogP contribution in [0.5, 0.6) is 0 Å². The lowest BCUT2D eigenvalue weighted by atomic mass is 10.0. The second-order valence-corrected chi connectivity index (χ2v) is 10.8. The van der Waals surface area contributed by atoms with Gasteiger partial charge in [0, 0.05) is 24.0 Å². The summed E-state index contributed by atoms with van der Waals surface area (Å²) >= 11 is 0. The molecule has 174 valence electrons. The molecule has 0 aliphatic heterocycles. The number of anilines is 2. The summed E-state index contributed by atoms with van der Waals surface area (Å²) in [5, 5.41) is 5.38. The number of nitrogens with zero attached hydrogens (tertiary/aromatic N) is 1. The van der Waals surface area contributed by atoms with E-state index in [9.17, 15) is 13.2 Å². The molecule has 3 aromatic rings. The van der Waals surface area contributed by atoms with E-state index in [-0.39, 0.29) is 18.9 Å². The molecule has 1 N–H and O–H groups in total. The quantitative estimate of drug-likeness (QED) is 0.433. The molecule has 0 unspecified atom stereocenters. The van der Waals surface area contributed by atoms with Gasteiger partial charge in [-0.1, -0.05) is 49.7 Å². The van der Waals surface area contributed by atoms with Crippen molar-refractivity contribution in [3.8, 4) is 0 Å². The topological polar surface area (TPSA) is 66.5 Å². The molecule has 5 nitrogen and oxygen atoms in total. The minimum atomic E-state index is -3.43. The van der Waals surface area contributed by atoms with Gasteiger partial charge in [0.25, 0.3) is 0 Å². The second-order valence-electron chi connectivity index (χ2n) is 8.87. The number of carbonyl (C=O) groups is 1. The van der Waals surface area contributed by atoms with Gasteiger partial charge in [-0.2, -0.15) is 0 Å². The summed E-state index contributed by atoms with van der Waals surface area (Å²) in [6.07, 6.45) is 7.24. The molecular formula is C27H32N2O3S. The third-order valence-corrected chi connectivity index (χ3v) is 7.55. The average molecular weight is 465 g/mol. The van der Waals surface area contributed by atoms with Gasteiger partial charge in [-0.3, -0.25) is 9.10 Å². The fourth-order valence-corrected chi connectivity index (χ4v) is 5.61. The molecule has 0 fully saturated rings. The maximum absolute atomic E-state index is 12.7. The van der Waals surface area contributed by atoms with Crippen LogP contribution >= 0.6 is 0 Å². The smallest absolute Gasteiger partial charge is 0.232 e. The fraction of sp³-hybridized carbons (Fsp3) is 0.370. The maximum Gasteiger partial charge on any atom is 0.232 e. The molecule has 0 heterocycles. The normalized spacial score (nSPS) is 12.8. The molecule has 1 amide bonds. The van der Waals surface area contributed by atoms with E-state index in [1.54, 1.807) is 0 Å². The number of benzene rings is 3. The Morgan fingerprint density at radius 1 is 0.970 bits per heavy atom. The summed E-state index contributed by atoms with van der Waals surface area (Å²) in [5.41, 5.74) is 5.35. The van der Waals surface area contributed by atoms with Gasteiger partial charge in [0.05, 0.1) is 11.9 Å². The molecule has 0 saturated carbocycles. The van der Waals surface area contributed by atoms with Gasteiger partial charge in [0.1, 0.15) is 0 Å². The zero-order chi connectivity index (χ0) is 23.4. The summed E-state index contributed by atoms with van der Waals surface area (Å²) in [7, 11) is -3.43. The van der Waals surface area contributed by atoms with Gasteiger partial charge in [-0.05, 0) is 72.4 Å². The Morgan fingerprint density at radius 3 is 2.39 bits per heavy atom. The largest absolute Gasteiger partial charge is 0.326 e. The van der Waals surface area contributed by atoms with E-state index < -0.39 is 10.0 Å². The van der Waals surface area contributed by atoms with E-state index >= 15 is 0 Å². The zero-order valence-electron chi connectivity index (χ0n) is 19.4. The van der Waals surface area contributed by atoms with E-state index in [1.165, 1.54) is 32.6 Å². The van der Waals surface area contributed by atoms with E-state index in [1.807, 2.05) is 36.4 Å². The molecule has 1 aliphatic carbocycles. The van der Waals surface area contributed by atoms with Crippen LogP contribution in [0.4, 0.5) is 11.4 Å². The third kappa shape index (κ3) is 5.38. The maximum atomic E-state index is 12.7. The highest BCUT2D eigenvalue weighted by Gasteiger charge is 2.19. The first-order valence-electron chi connectivity index (χ1n) is 11.8. The highest BCUT2D eigenvalue weighted by Crippen LogP contribution is 2.35. The summed E-state index contributed by atoms with van der Waals surface area (Å²) in [4.78, 5) is 12.7. The summed E-state index contributed by atoms with van der Waals surface area (Å²) in [6.45, 7) is 2.42. The first kappa shape index (κ1) is 23.3. The highest BCUT2D eigenvalue weighted by molar-refractivity contribution is 7.92. The number of rotatable bonds is 10. The summed E-state index contributed by atoms with van der Waals surface area (Å²) in [6, 6.07) is 18.0. The average Bonchev–Trinajstić information content (AvgIpc) is 3.21. The van der Waals surface area contributed by atoms with Crippen LogP contribution in [0.1, 0.15) is 49.3 Å². The predicted octanol–water partition coefficient (Wildman–Crippen LogP) is 5.47. The monoisotopic (exact) mass is 464 g/mol. The van der Waals surface area contributed by atoms with Crippen LogP contribution in [0, 0.1) is 0 Å². The number of nitrogens with one attached hydrogen (secondary N) is 1. The molecule has 6 heteroatoms. The first-order valence-corrected chi connectivity index (χ1v) is 13.6. The zero-order valence-corrected chi connectivity index (χ0v) is 20.2. The van der Waals surface area contributed by atoms with Crippen LogP contribution in [0.25, 0.3) is 10.8 Å². The van der Waals surface area contributed by atoms with Crippen LogP contribution in [0.3, 0.4) is 0 Å². The molecule has 0 bridgehead atoms. The van der Waals surface area contributed by atoms with Crippen LogP contribution in [0.15, 0.2) is 54.6 Å². The predicted molar refractivity (Wildman–Crippen MR) is 136 cm³/mol. The minimum absolute atomic E-state index is 0.0999. The molecule has 4 rings (SSSR count). The van der Waals surface area contributed by atoms with Crippen molar-refractivity contribution < 1.29 is 13.2 Å². The van der Waals surface area contributed by atoms with Crippen molar-refractivity contribution in [1.29, 1.82) is 0 Å². The lowest BCUT2D eigenvalue weighted by Crippen LogP contribution is -2.31. The molecule has 0 saturated heterocycles. The Hall–Kier alpha value is -2.86. The third-order valence-electron chi connectivity index (χ3n) is 6.36. The number of unbranched alkanes of at least 4 members (excludes halogenated alkanes) is 1. The van der Waals surface area contributed by atoms with E-state index in [2.05, 4.69) is 30.4 Å². The standard InChI is InChI=1S/C27H32N2O3S/c1-3-4-7-20-11-16-23(17-12-20)29(33(2,31)32)19-6-10-26(30)28-25-18-15-22-14-13-21-8-5-9-24(25)27(21)22/h5,8-9,11-12,15-18H,3-4,6-7,10,13-14,19H2,1-2H3,(H,28,30). The molecule has 3 aromatic carbocycles. The lowest BCUT2D eigenvalue weighted by molar-refractivity contribution is -0.116. The van der Waals surface area contributed by atoms with Crippen LogP contribution in [-0.2, 0) is 34.1 Å². The van der Waals surface area contributed by atoms with Crippen LogP contribution in [-0.4, -0.2) is 27.1 Å². The Kier molecular flexibility index (Phi) is 7.03. The van der Waals surface area contributed by atoms with Gasteiger partial charge < -0.3 is 5.32 Å². The van der Waals surface area contributed by atoms with Crippen LogP contribution < -0.4 is 9.62 Å². The Morgan fingerprint density at radius 2 is 1.70 bits per heavy atom. The summed E-state index contributed by atoms with van der Waals surface area (Å²) < 4.78 is 26.2. The Labute approximate surface area is 196 Å². The van der Waals surface area contributed by atoms with Crippen molar-refractivity contribution in [1.82, 2.24) is 0 Å². The van der Waals surface area contributed by atoms with Crippen LogP contribution in [0.2, 0.25) is 0 Å². The molecule has 0 atom stereocenters. The molecule has 1 aliphatic rings.